The fraction of sp³-hybridized carbons (Fsp3) is 0.389. The second-order valence-corrected chi connectivity index (χ2v) is 6.75. The molecule has 1 aliphatic carbocycles. The Morgan fingerprint density at radius 2 is 2.23 bits per heavy atom. The van der Waals surface area contributed by atoms with Crippen molar-refractivity contribution in [2.45, 2.75) is 33.1 Å². The highest BCUT2D eigenvalue weighted by Gasteiger charge is 2.23. The zero-order valence-corrected chi connectivity index (χ0v) is 13.8. The van der Waals surface area contributed by atoms with Gasteiger partial charge in [-0.25, -0.2) is 0 Å². The third kappa shape index (κ3) is 3.02. The highest BCUT2D eigenvalue weighted by Crippen LogP contribution is 2.33. The Hall–Kier alpha value is -1.81. The number of carbonyl (C=O) groups excluding carboxylic acids is 1. The van der Waals surface area contributed by atoms with Crippen LogP contribution in [-0.2, 0) is 12.8 Å². The number of thiophene rings is 1. The molecule has 0 fully saturated rings. The molecule has 1 aromatic heterocycles. The first-order valence-electron chi connectivity index (χ1n) is 7.81. The van der Waals surface area contributed by atoms with Crippen molar-refractivity contribution in [3.63, 3.8) is 0 Å². The first-order valence-corrected chi connectivity index (χ1v) is 8.69. The topological polar surface area (TPSA) is 38.3 Å². The smallest absolute Gasteiger partial charge is 0.256 e. The van der Waals surface area contributed by atoms with Crippen LogP contribution in [0.3, 0.4) is 0 Å². The van der Waals surface area contributed by atoms with Crippen molar-refractivity contribution < 1.29 is 9.53 Å². The van der Waals surface area contributed by atoms with Gasteiger partial charge in [-0.05, 0) is 49.8 Å². The lowest BCUT2D eigenvalue weighted by atomic mass is 9.88. The number of amides is 1. The molecule has 2 aromatic rings. The number of nitrogens with one attached hydrogen (secondary N) is 1. The van der Waals surface area contributed by atoms with E-state index in [1.54, 1.807) is 11.3 Å². The van der Waals surface area contributed by atoms with Gasteiger partial charge in [-0.2, -0.15) is 0 Å². The van der Waals surface area contributed by atoms with E-state index in [-0.39, 0.29) is 5.91 Å². The third-order valence-electron chi connectivity index (χ3n) is 4.08. The molecule has 4 heteroatoms. The number of ether oxygens (including phenoxy) is 1. The molecule has 0 radical (unpaired) electrons. The van der Waals surface area contributed by atoms with Gasteiger partial charge in [-0.15, -0.1) is 11.3 Å². The second kappa shape index (κ2) is 6.53. The zero-order chi connectivity index (χ0) is 15.5. The van der Waals surface area contributed by atoms with E-state index < -0.39 is 0 Å². The van der Waals surface area contributed by atoms with Crippen LogP contribution in [0.4, 0.5) is 5.69 Å². The van der Waals surface area contributed by atoms with Gasteiger partial charge in [-0.1, -0.05) is 19.1 Å². The maximum absolute atomic E-state index is 12.6. The SMILES string of the molecule is CCOc1ccccc1NC(=O)c1csc2c1CC[C@@H](C)C2. The summed E-state index contributed by atoms with van der Waals surface area (Å²) in [6.45, 7) is 4.80. The maximum Gasteiger partial charge on any atom is 0.256 e. The molecule has 0 aliphatic heterocycles. The van der Waals surface area contributed by atoms with Crippen molar-refractivity contribution in [2.24, 2.45) is 5.92 Å². The molecule has 0 unspecified atom stereocenters. The molecule has 3 rings (SSSR count). The minimum Gasteiger partial charge on any atom is -0.492 e. The standard InChI is InChI=1S/C18H21NO2S/c1-3-21-16-7-5-4-6-15(16)19-18(20)14-11-22-17-10-12(2)8-9-13(14)17/h4-7,11-12H,3,8-10H2,1-2H3,(H,19,20)/t12-/m1/s1. The average Bonchev–Trinajstić information content (AvgIpc) is 2.92. The van der Waals surface area contributed by atoms with Crippen molar-refractivity contribution in [3.05, 3.63) is 45.6 Å². The van der Waals surface area contributed by atoms with Crippen LogP contribution in [0.15, 0.2) is 29.6 Å². The quantitative estimate of drug-likeness (QED) is 0.900. The molecular weight excluding hydrogens is 294 g/mol. The van der Waals surface area contributed by atoms with E-state index in [0.29, 0.717) is 6.61 Å². The molecule has 0 saturated carbocycles. The molecular formula is C18H21NO2S. The van der Waals surface area contributed by atoms with Crippen molar-refractivity contribution in [1.82, 2.24) is 0 Å². The summed E-state index contributed by atoms with van der Waals surface area (Å²) in [5, 5.41) is 5.00. The number of para-hydroxylation sites is 2. The van der Waals surface area contributed by atoms with Crippen LogP contribution in [0.25, 0.3) is 0 Å². The van der Waals surface area contributed by atoms with E-state index >= 15 is 0 Å². The Morgan fingerprint density at radius 3 is 3.05 bits per heavy atom. The zero-order valence-electron chi connectivity index (χ0n) is 13.0. The number of hydrogen-bond donors (Lipinski definition) is 1. The summed E-state index contributed by atoms with van der Waals surface area (Å²) < 4.78 is 5.57. The summed E-state index contributed by atoms with van der Waals surface area (Å²) in [4.78, 5) is 14.0. The van der Waals surface area contributed by atoms with E-state index in [2.05, 4.69) is 12.2 Å². The Labute approximate surface area is 135 Å². The Morgan fingerprint density at radius 1 is 1.41 bits per heavy atom. The van der Waals surface area contributed by atoms with E-state index in [1.165, 1.54) is 16.9 Å². The number of carbonyl (C=O) groups is 1. The summed E-state index contributed by atoms with van der Waals surface area (Å²) in [6, 6.07) is 7.57. The molecule has 0 spiro atoms. The van der Waals surface area contributed by atoms with Crippen LogP contribution in [0.2, 0.25) is 0 Å². The largest absolute Gasteiger partial charge is 0.492 e. The van der Waals surface area contributed by atoms with E-state index in [1.807, 2.05) is 36.6 Å². The summed E-state index contributed by atoms with van der Waals surface area (Å²) in [7, 11) is 0. The maximum atomic E-state index is 12.6. The molecule has 1 amide bonds. The summed E-state index contributed by atoms with van der Waals surface area (Å²) in [6.07, 6.45) is 3.28. The van der Waals surface area contributed by atoms with E-state index in [0.717, 1.165) is 35.8 Å². The molecule has 1 heterocycles. The molecule has 1 atom stereocenters. The van der Waals surface area contributed by atoms with Crippen LogP contribution in [0.5, 0.6) is 5.75 Å². The van der Waals surface area contributed by atoms with Crippen molar-refractivity contribution in [2.75, 3.05) is 11.9 Å². The minimum atomic E-state index is -0.0285. The molecule has 116 valence electrons. The predicted molar refractivity (Wildman–Crippen MR) is 91.1 cm³/mol. The normalized spacial score (nSPS) is 16.9. The summed E-state index contributed by atoms with van der Waals surface area (Å²) in [5.74, 6) is 1.41. The molecule has 0 saturated heterocycles. The predicted octanol–water partition coefficient (Wildman–Crippen LogP) is 4.52. The van der Waals surface area contributed by atoms with Gasteiger partial charge < -0.3 is 10.1 Å². The number of hydrogen-bond acceptors (Lipinski definition) is 3. The molecule has 1 aromatic carbocycles. The van der Waals surface area contributed by atoms with E-state index in [4.69, 9.17) is 4.74 Å². The first-order chi connectivity index (χ1) is 10.7. The molecule has 22 heavy (non-hydrogen) atoms. The summed E-state index contributed by atoms with van der Waals surface area (Å²) >= 11 is 1.72. The molecule has 0 bridgehead atoms. The van der Waals surface area contributed by atoms with Crippen LogP contribution in [-0.4, -0.2) is 12.5 Å². The van der Waals surface area contributed by atoms with Crippen LogP contribution >= 0.6 is 11.3 Å². The highest BCUT2D eigenvalue weighted by atomic mass is 32.1. The lowest BCUT2D eigenvalue weighted by Crippen LogP contribution is -2.17. The van der Waals surface area contributed by atoms with E-state index in [9.17, 15) is 4.79 Å². The Kier molecular flexibility index (Phi) is 4.48. The van der Waals surface area contributed by atoms with Crippen molar-refractivity contribution in [3.8, 4) is 5.75 Å². The lowest BCUT2D eigenvalue weighted by molar-refractivity contribution is 0.102. The second-order valence-electron chi connectivity index (χ2n) is 5.78. The van der Waals surface area contributed by atoms with Crippen LogP contribution in [0.1, 0.15) is 41.1 Å². The van der Waals surface area contributed by atoms with Gasteiger partial charge in [0.15, 0.2) is 0 Å². The number of rotatable bonds is 4. The van der Waals surface area contributed by atoms with Crippen molar-refractivity contribution >= 4 is 22.9 Å². The third-order valence-corrected chi connectivity index (χ3v) is 5.13. The first kappa shape index (κ1) is 15.1. The molecule has 1 N–H and O–H groups in total. The fourth-order valence-corrected chi connectivity index (χ4v) is 4.15. The lowest BCUT2D eigenvalue weighted by Gasteiger charge is -2.19. The van der Waals surface area contributed by atoms with Gasteiger partial charge in [0.2, 0.25) is 0 Å². The van der Waals surface area contributed by atoms with Gasteiger partial charge in [0.1, 0.15) is 5.75 Å². The number of fused-ring (bicyclic) bond motifs is 1. The molecule has 1 aliphatic rings. The van der Waals surface area contributed by atoms with Gasteiger partial charge in [0, 0.05) is 10.3 Å². The van der Waals surface area contributed by atoms with Gasteiger partial charge in [0.05, 0.1) is 17.9 Å². The number of benzene rings is 1. The van der Waals surface area contributed by atoms with Gasteiger partial charge in [0.25, 0.3) is 5.91 Å². The molecule has 3 nitrogen and oxygen atoms in total. The Balaban J connectivity index is 1.81. The average molecular weight is 315 g/mol. The monoisotopic (exact) mass is 315 g/mol. The van der Waals surface area contributed by atoms with Crippen molar-refractivity contribution in [1.29, 1.82) is 0 Å². The van der Waals surface area contributed by atoms with Crippen LogP contribution in [0, 0.1) is 5.92 Å². The number of anilines is 1. The highest BCUT2D eigenvalue weighted by molar-refractivity contribution is 7.10. The minimum absolute atomic E-state index is 0.0285. The fourth-order valence-electron chi connectivity index (χ4n) is 2.91. The van der Waals surface area contributed by atoms with Crippen LogP contribution < -0.4 is 10.1 Å². The van der Waals surface area contributed by atoms with Gasteiger partial charge >= 0.3 is 0 Å². The van der Waals surface area contributed by atoms with Gasteiger partial charge in [-0.3, -0.25) is 4.79 Å². The summed E-state index contributed by atoms with van der Waals surface area (Å²) in [5.41, 5.74) is 2.81. The Bertz CT molecular complexity index is 677.